The Morgan fingerprint density at radius 3 is 2.50 bits per heavy atom. The van der Waals surface area contributed by atoms with E-state index in [-0.39, 0.29) is 0 Å². The minimum atomic E-state index is 0.659. The van der Waals surface area contributed by atoms with Crippen molar-refractivity contribution in [2.45, 2.75) is 13.8 Å². The van der Waals surface area contributed by atoms with Crippen molar-refractivity contribution in [3.63, 3.8) is 0 Å². The highest BCUT2D eigenvalue weighted by atomic mass is 15.1. The van der Waals surface area contributed by atoms with E-state index in [1.807, 2.05) is 6.20 Å². The Bertz CT molecular complexity index is 1570. The predicted octanol–water partition coefficient (Wildman–Crippen LogP) is 5.51. The molecule has 4 aromatic heterocycles. The lowest BCUT2D eigenvalue weighted by Gasteiger charge is -2.16. The van der Waals surface area contributed by atoms with Gasteiger partial charge in [-0.05, 0) is 49.7 Å². The molecule has 5 nitrogen and oxygen atoms in total. The number of aromatic nitrogens is 5. The molecule has 0 unspecified atom stereocenters. The molecule has 0 saturated carbocycles. The summed E-state index contributed by atoms with van der Waals surface area (Å²) in [6.45, 7) is 4.31. The molecule has 0 atom stereocenters. The van der Waals surface area contributed by atoms with Gasteiger partial charge >= 0.3 is 0 Å². The van der Waals surface area contributed by atoms with Crippen molar-refractivity contribution in [1.29, 1.82) is 0 Å². The van der Waals surface area contributed by atoms with Crippen LogP contribution in [0.4, 0.5) is 0 Å². The van der Waals surface area contributed by atoms with Crippen LogP contribution < -0.4 is 0 Å². The van der Waals surface area contributed by atoms with Crippen molar-refractivity contribution in [3.8, 4) is 16.8 Å². The SMILES string of the molecule is Cc1cccc(-c2cnc3nccnc3c2)c1-n1c2ccccc2n2c(C)ccc12. The molecule has 0 aliphatic heterocycles. The molecule has 0 bridgehead atoms. The molecule has 0 fully saturated rings. The van der Waals surface area contributed by atoms with E-state index < -0.39 is 0 Å². The van der Waals surface area contributed by atoms with Gasteiger partial charge in [0.05, 0.1) is 16.7 Å². The topological polar surface area (TPSA) is 48.0 Å². The summed E-state index contributed by atoms with van der Waals surface area (Å²) in [4.78, 5) is 13.3. The minimum absolute atomic E-state index is 0.659. The molecule has 5 heteroatoms. The predicted molar refractivity (Wildman–Crippen MR) is 120 cm³/mol. The largest absolute Gasteiger partial charge is 0.298 e. The van der Waals surface area contributed by atoms with Crippen LogP contribution in [0.25, 0.3) is 44.7 Å². The normalized spacial score (nSPS) is 11.7. The summed E-state index contributed by atoms with van der Waals surface area (Å²) in [7, 11) is 0. The first-order valence-corrected chi connectivity index (χ1v) is 9.97. The summed E-state index contributed by atoms with van der Waals surface area (Å²) < 4.78 is 4.67. The molecule has 6 rings (SSSR count). The number of aryl methyl sites for hydroxylation is 2. The molecular formula is C25H19N5. The molecule has 2 aromatic carbocycles. The number of para-hydroxylation sites is 3. The third kappa shape index (κ3) is 2.32. The second-order valence-corrected chi connectivity index (χ2v) is 7.59. The molecule has 4 heterocycles. The van der Waals surface area contributed by atoms with E-state index >= 15 is 0 Å². The zero-order valence-corrected chi connectivity index (χ0v) is 16.7. The van der Waals surface area contributed by atoms with Crippen LogP contribution in [0.1, 0.15) is 11.3 Å². The first kappa shape index (κ1) is 16.9. The Morgan fingerprint density at radius 2 is 1.60 bits per heavy atom. The molecular weight excluding hydrogens is 370 g/mol. The van der Waals surface area contributed by atoms with Gasteiger partial charge in [0.15, 0.2) is 5.65 Å². The standard InChI is InChI=1S/C25H19N5/c1-16-6-5-7-19(18-14-20-25(28-15-18)27-13-12-26-20)24(16)30-22-9-4-3-8-21(22)29-17(2)10-11-23(29)30/h3-15H,1-2H3. The first-order valence-electron chi connectivity index (χ1n) is 9.97. The fourth-order valence-corrected chi connectivity index (χ4v) is 4.41. The molecule has 0 amide bonds. The van der Waals surface area contributed by atoms with Gasteiger partial charge in [-0.25, -0.2) is 9.97 Å². The monoisotopic (exact) mass is 389 g/mol. The van der Waals surface area contributed by atoms with Crippen molar-refractivity contribution in [3.05, 3.63) is 90.5 Å². The highest BCUT2D eigenvalue weighted by Gasteiger charge is 2.18. The Labute approximate surface area is 173 Å². The van der Waals surface area contributed by atoms with E-state index in [4.69, 9.17) is 0 Å². The van der Waals surface area contributed by atoms with Crippen LogP contribution in [-0.4, -0.2) is 23.9 Å². The van der Waals surface area contributed by atoms with E-state index in [1.165, 1.54) is 22.3 Å². The summed E-state index contributed by atoms with van der Waals surface area (Å²) >= 11 is 0. The van der Waals surface area contributed by atoms with E-state index in [9.17, 15) is 0 Å². The average Bonchev–Trinajstić information content (AvgIpc) is 3.31. The number of fused-ring (bicyclic) bond motifs is 4. The maximum absolute atomic E-state index is 4.55. The third-order valence-corrected chi connectivity index (χ3v) is 5.74. The van der Waals surface area contributed by atoms with Crippen molar-refractivity contribution in [1.82, 2.24) is 23.9 Å². The molecule has 0 radical (unpaired) electrons. The second-order valence-electron chi connectivity index (χ2n) is 7.59. The Balaban J connectivity index is 1.72. The third-order valence-electron chi connectivity index (χ3n) is 5.74. The molecule has 0 aliphatic rings. The fraction of sp³-hybridized carbons (Fsp3) is 0.0800. The number of nitrogens with zero attached hydrogens (tertiary/aromatic N) is 5. The molecule has 30 heavy (non-hydrogen) atoms. The summed E-state index contributed by atoms with van der Waals surface area (Å²) in [6.07, 6.45) is 5.27. The lowest BCUT2D eigenvalue weighted by atomic mass is 10.0. The maximum Gasteiger partial charge on any atom is 0.178 e. The molecule has 0 saturated heterocycles. The van der Waals surface area contributed by atoms with Gasteiger partial charge in [0.1, 0.15) is 11.2 Å². The number of rotatable bonds is 2. The number of benzene rings is 2. The molecule has 0 N–H and O–H groups in total. The smallest absolute Gasteiger partial charge is 0.178 e. The summed E-state index contributed by atoms with van der Waals surface area (Å²) in [6, 6.07) is 21.4. The van der Waals surface area contributed by atoms with Gasteiger partial charge in [-0.3, -0.25) is 14.0 Å². The summed E-state index contributed by atoms with van der Waals surface area (Å²) in [5.41, 5.74) is 10.7. The number of hydrogen-bond donors (Lipinski definition) is 0. The van der Waals surface area contributed by atoms with Crippen LogP contribution in [0.15, 0.2) is 79.3 Å². The van der Waals surface area contributed by atoms with Crippen LogP contribution >= 0.6 is 0 Å². The number of hydrogen-bond acceptors (Lipinski definition) is 3. The van der Waals surface area contributed by atoms with Gasteiger partial charge in [-0.15, -0.1) is 0 Å². The maximum atomic E-state index is 4.55. The highest BCUT2D eigenvalue weighted by molar-refractivity contribution is 5.89. The van der Waals surface area contributed by atoms with Crippen molar-refractivity contribution < 1.29 is 0 Å². The van der Waals surface area contributed by atoms with E-state index in [2.05, 4.69) is 98.4 Å². The highest BCUT2D eigenvalue weighted by Crippen LogP contribution is 2.35. The van der Waals surface area contributed by atoms with Crippen molar-refractivity contribution >= 4 is 27.8 Å². The Hall–Kier alpha value is -3.99. The summed E-state index contributed by atoms with van der Waals surface area (Å²) in [5, 5.41) is 0. The lowest BCUT2D eigenvalue weighted by molar-refractivity contribution is 1.10. The number of pyridine rings is 1. The van der Waals surface area contributed by atoms with Crippen LogP contribution in [0.3, 0.4) is 0 Å². The fourth-order valence-electron chi connectivity index (χ4n) is 4.41. The molecule has 0 aliphatic carbocycles. The lowest BCUT2D eigenvalue weighted by Crippen LogP contribution is -2.01. The van der Waals surface area contributed by atoms with Crippen LogP contribution in [0.2, 0.25) is 0 Å². The number of imidazole rings is 1. The average molecular weight is 389 g/mol. The molecule has 6 aromatic rings. The van der Waals surface area contributed by atoms with E-state index in [0.29, 0.717) is 5.65 Å². The summed E-state index contributed by atoms with van der Waals surface area (Å²) in [5.74, 6) is 0. The zero-order chi connectivity index (χ0) is 20.2. The van der Waals surface area contributed by atoms with Gasteiger partial charge in [0.2, 0.25) is 0 Å². The zero-order valence-electron chi connectivity index (χ0n) is 16.7. The van der Waals surface area contributed by atoms with Crippen molar-refractivity contribution in [2.24, 2.45) is 0 Å². The van der Waals surface area contributed by atoms with Gasteiger partial charge in [-0.1, -0.05) is 30.3 Å². The second kappa shape index (κ2) is 6.26. The van der Waals surface area contributed by atoms with Crippen LogP contribution in [0, 0.1) is 13.8 Å². The van der Waals surface area contributed by atoms with Crippen molar-refractivity contribution in [2.75, 3.05) is 0 Å². The molecule has 0 spiro atoms. The van der Waals surface area contributed by atoms with E-state index in [1.54, 1.807) is 12.4 Å². The van der Waals surface area contributed by atoms with Gasteiger partial charge in [-0.2, -0.15) is 0 Å². The van der Waals surface area contributed by atoms with Gasteiger partial charge < -0.3 is 0 Å². The quantitative estimate of drug-likeness (QED) is 0.393. The first-order chi connectivity index (χ1) is 14.7. The Morgan fingerprint density at radius 1 is 0.767 bits per heavy atom. The van der Waals surface area contributed by atoms with Gasteiger partial charge in [0, 0.05) is 35.4 Å². The Kier molecular flexibility index (Phi) is 3.53. The van der Waals surface area contributed by atoms with Crippen LogP contribution in [-0.2, 0) is 0 Å². The van der Waals surface area contributed by atoms with Crippen LogP contribution in [0.5, 0.6) is 0 Å². The van der Waals surface area contributed by atoms with E-state index in [0.717, 1.165) is 28.0 Å². The van der Waals surface area contributed by atoms with Gasteiger partial charge in [0.25, 0.3) is 0 Å². The minimum Gasteiger partial charge on any atom is -0.298 e. The molecule has 144 valence electrons.